The molecule has 0 aliphatic carbocycles. The lowest BCUT2D eigenvalue weighted by atomic mass is 10.2. The first-order chi connectivity index (χ1) is 7.17. The van der Waals surface area contributed by atoms with Crippen molar-refractivity contribution in [3.8, 4) is 0 Å². The van der Waals surface area contributed by atoms with Gasteiger partial charge in [0.25, 0.3) is 0 Å². The van der Waals surface area contributed by atoms with E-state index >= 15 is 0 Å². The first-order valence-corrected chi connectivity index (χ1v) is 5.88. The van der Waals surface area contributed by atoms with Crippen LogP contribution < -0.4 is 5.32 Å². The van der Waals surface area contributed by atoms with E-state index in [-0.39, 0.29) is 19.3 Å². The fourth-order valence-electron chi connectivity index (χ4n) is 1.10. The molecule has 1 rings (SSSR count). The largest absolute Gasteiger partial charge is 0.395 e. The number of thiazole rings is 1. The van der Waals surface area contributed by atoms with Crippen molar-refractivity contribution in [2.24, 2.45) is 0 Å². The Kier molecular flexibility index (Phi) is 5.17. The van der Waals surface area contributed by atoms with Gasteiger partial charge in [0.2, 0.25) is 0 Å². The molecule has 1 aromatic rings. The molecule has 0 bridgehead atoms. The lowest BCUT2D eigenvalue weighted by Gasteiger charge is -2.11. The van der Waals surface area contributed by atoms with E-state index in [0.717, 1.165) is 9.88 Å². The zero-order valence-electron chi connectivity index (χ0n) is 9.10. The molecule has 0 radical (unpaired) electrons. The molecular weight excluding hydrogens is 212 g/mol. The summed E-state index contributed by atoms with van der Waals surface area (Å²) < 4.78 is 0. The van der Waals surface area contributed by atoms with E-state index in [2.05, 4.69) is 24.1 Å². The summed E-state index contributed by atoms with van der Waals surface area (Å²) in [6.07, 6.45) is 1.85. The SMILES string of the molecule is CC(C)c1ncc(CNC(CO)CO)s1. The van der Waals surface area contributed by atoms with Gasteiger partial charge in [0.1, 0.15) is 0 Å². The molecule has 1 aromatic heterocycles. The molecule has 5 heteroatoms. The standard InChI is InChI=1S/C10H18N2O2S/c1-7(2)10-12-4-9(15-10)3-11-8(5-13)6-14/h4,7-8,11,13-14H,3,5-6H2,1-2H3. The van der Waals surface area contributed by atoms with Gasteiger partial charge in [-0.15, -0.1) is 11.3 Å². The first-order valence-electron chi connectivity index (χ1n) is 5.07. The minimum atomic E-state index is -0.241. The minimum Gasteiger partial charge on any atom is -0.395 e. The molecule has 0 atom stereocenters. The molecule has 0 saturated heterocycles. The number of aliphatic hydroxyl groups excluding tert-OH is 2. The Balaban J connectivity index is 2.43. The van der Waals surface area contributed by atoms with Gasteiger partial charge in [-0.1, -0.05) is 13.8 Å². The fourth-order valence-corrected chi connectivity index (χ4v) is 1.97. The van der Waals surface area contributed by atoms with Crippen LogP contribution in [0.2, 0.25) is 0 Å². The average molecular weight is 230 g/mol. The third kappa shape index (κ3) is 3.87. The van der Waals surface area contributed by atoms with Crippen LogP contribution in [0, 0.1) is 0 Å². The number of nitrogens with one attached hydrogen (secondary N) is 1. The molecule has 4 nitrogen and oxygen atoms in total. The summed E-state index contributed by atoms with van der Waals surface area (Å²) in [6, 6.07) is -0.241. The summed E-state index contributed by atoms with van der Waals surface area (Å²) in [5.74, 6) is 0.454. The quantitative estimate of drug-likeness (QED) is 0.673. The maximum absolute atomic E-state index is 8.86. The van der Waals surface area contributed by atoms with Crippen LogP contribution in [0.5, 0.6) is 0 Å². The maximum Gasteiger partial charge on any atom is 0.0953 e. The molecule has 15 heavy (non-hydrogen) atoms. The summed E-state index contributed by atoms with van der Waals surface area (Å²) >= 11 is 1.67. The number of aromatic nitrogens is 1. The molecule has 0 amide bonds. The lowest BCUT2D eigenvalue weighted by Crippen LogP contribution is -2.34. The van der Waals surface area contributed by atoms with Crippen LogP contribution in [-0.4, -0.2) is 34.5 Å². The molecule has 0 spiro atoms. The summed E-state index contributed by atoms with van der Waals surface area (Å²) in [6.45, 7) is 4.77. The van der Waals surface area contributed by atoms with Gasteiger partial charge in [0.15, 0.2) is 0 Å². The Hall–Kier alpha value is -0.490. The van der Waals surface area contributed by atoms with Crippen molar-refractivity contribution in [3.05, 3.63) is 16.1 Å². The number of nitrogens with zero attached hydrogens (tertiary/aromatic N) is 1. The van der Waals surface area contributed by atoms with E-state index in [9.17, 15) is 0 Å². The minimum absolute atomic E-state index is 0.0493. The van der Waals surface area contributed by atoms with Gasteiger partial charge in [-0.3, -0.25) is 0 Å². The highest BCUT2D eigenvalue weighted by Crippen LogP contribution is 2.20. The predicted octanol–water partition coefficient (Wildman–Crippen LogP) is 0.709. The molecule has 0 aliphatic heterocycles. The second-order valence-corrected chi connectivity index (χ2v) is 4.91. The lowest BCUT2D eigenvalue weighted by molar-refractivity contribution is 0.170. The zero-order valence-corrected chi connectivity index (χ0v) is 9.92. The third-order valence-corrected chi connectivity index (χ3v) is 3.37. The molecule has 0 aliphatic rings. The molecule has 0 aromatic carbocycles. The van der Waals surface area contributed by atoms with Crippen LogP contribution in [0.3, 0.4) is 0 Å². The van der Waals surface area contributed by atoms with E-state index in [1.807, 2.05) is 6.20 Å². The van der Waals surface area contributed by atoms with Crippen LogP contribution in [0.1, 0.15) is 29.7 Å². The topological polar surface area (TPSA) is 65.4 Å². The van der Waals surface area contributed by atoms with E-state index in [0.29, 0.717) is 12.5 Å². The van der Waals surface area contributed by atoms with Gasteiger partial charge in [-0.25, -0.2) is 4.98 Å². The number of hydrogen-bond acceptors (Lipinski definition) is 5. The Bertz CT molecular complexity index is 285. The Morgan fingerprint density at radius 1 is 1.40 bits per heavy atom. The smallest absolute Gasteiger partial charge is 0.0953 e. The van der Waals surface area contributed by atoms with E-state index in [1.165, 1.54) is 0 Å². The van der Waals surface area contributed by atoms with Crippen LogP contribution in [-0.2, 0) is 6.54 Å². The zero-order chi connectivity index (χ0) is 11.3. The monoisotopic (exact) mass is 230 g/mol. The second kappa shape index (κ2) is 6.17. The number of hydrogen-bond donors (Lipinski definition) is 3. The Labute approximate surface area is 94.0 Å². The van der Waals surface area contributed by atoms with Crippen LogP contribution in [0.15, 0.2) is 6.20 Å². The highest BCUT2D eigenvalue weighted by molar-refractivity contribution is 7.11. The van der Waals surface area contributed by atoms with E-state index < -0.39 is 0 Å². The highest BCUT2D eigenvalue weighted by Gasteiger charge is 2.08. The van der Waals surface area contributed by atoms with Gasteiger partial charge < -0.3 is 15.5 Å². The maximum atomic E-state index is 8.86. The molecule has 0 saturated carbocycles. The highest BCUT2D eigenvalue weighted by atomic mass is 32.1. The first kappa shape index (κ1) is 12.6. The van der Waals surface area contributed by atoms with Crippen molar-refractivity contribution in [1.82, 2.24) is 10.3 Å². The average Bonchev–Trinajstić information content (AvgIpc) is 2.68. The van der Waals surface area contributed by atoms with Gasteiger partial charge in [-0.05, 0) is 0 Å². The normalized spacial score (nSPS) is 11.6. The van der Waals surface area contributed by atoms with Crippen LogP contribution in [0.4, 0.5) is 0 Å². The summed E-state index contributed by atoms with van der Waals surface area (Å²) in [5.41, 5.74) is 0. The van der Waals surface area contributed by atoms with Gasteiger partial charge in [0, 0.05) is 23.5 Å². The Morgan fingerprint density at radius 2 is 2.07 bits per heavy atom. The van der Waals surface area contributed by atoms with Crippen LogP contribution in [0.25, 0.3) is 0 Å². The van der Waals surface area contributed by atoms with Crippen molar-refractivity contribution >= 4 is 11.3 Å². The van der Waals surface area contributed by atoms with Gasteiger partial charge >= 0.3 is 0 Å². The van der Waals surface area contributed by atoms with E-state index in [4.69, 9.17) is 10.2 Å². The summed E-state index contributed by atoms with van der Waals surface area (Å²) in [5, 5.41) is 21.9. The molecular formula is C10H18N2O2S. The number of aliphatic hydroxyl groups is 2. The molecule has 3 N–H and O–H groups in total. The molecule has 1 heterocycles. The third-order valence-electron chi connectivity index (χ3n) is 2.07. The number of rotatable bonds is 6. The molecule has 0 fully saturated rings. The second-order valence-electron chi connectivity index (χ2n) is 3.76. The predicted molar refractivity (Wildman–Crippen MR) is 61.0 cm³/mol. The fraction of sp³-hybridized carbons (Fsp3) is 0.700. The molecule has 86 valence electrons. The Morgan fingerprint density at radius 3 is 2.53 bits per heavy atom. The van der Waals surface area contributed by atoms with Crippen LogP contribution >= 0.6 is 11.3 Å². The van der Waals surface area contributed by atoms with Gasteiger partial charge in [-0.2, -0.15) is 0 Å². The van der Waals surface area contributed by atoms with E-state index in [1.54, 1.807) is 11.3 Å². The van der Waals surface area contributed by atoms with Gasteiger partial charge in [0.05, 0.1) is 24.3 Å². The summed E-state index contributed by atoms with van der Waals surface area (Å²) in [7, 11) is 0. The van der Waals surface area contributed by atoms with Crippen molar-refractivity contribution in [3.63, 3.8) is 0 Å². The van der Waals surface area contributed by atoms with Crippen molar-refractivity contribution < 1.29 is 10.2 Å². The van der Waals surface area contributed by atoms with Crippen molar-refractivity contribution in [2.45, 2.75) is 32.4 Å². The van der Waals surface area contributed by atoms with Crippen molar-refractivity contribution in [2.75, 3.05) is 13.2 Å². The summed E-state index contributed by atoms with van der Waals surface area (Å²) in [4.78, 5) is 5.43. The molecule has 0 unspecified atom stereocenters. The van der Waals surface area contributed by atoms with Crippen molar-refractivity contribution in [1.29, 1.82) is 0 Å².